The second-order valence-electron chi connectivity index (χ2n) is 5.65. The Morgan fingerprint density at radius 3 is 2.50 bits per heavy atom. The lowest BCUT2D eigenvalue weighted by Gasteiger charge is -2.04. The zero-order valence-electron chi connectivity index (χ0n) is 13.8. The molecule has 0 radical (unpaired) electrons. The molecule has 122 valence electrons. The van der Waals surface area contributed by atoms with Crippen molar-refractivity contribution in [1.82, 2.24) is 5.43 Å². The van der Waals surface area contributed by atoms with Crippen molar-refractivity contribution in [3.63, 3.8) is 0 Å². The van der Waals surface area contributed by atoms with Crippen molar-refractivity contribution in [1.29, 1.82) is 0 Å². The van der Waals surface area contributed by atoms with Gasteiger partial charge in [0.25, 0.3) is 0 Å². The molecule has 4 heteroatoms. The Bertz CT molecular complexity index is 484. The van der Waals surface area contributed by atoms with Crippen molar-refractivity contribution in [2.24, 2.45) is 5.10 Å². The average Bonchev–Trinajstić information content (AvgIpc) is 2.51. The Balaban J connectivity index is 2.21. The monoisotopic (exact) mass is 304 g/mol. The van der Waals surface area contributed by atoms with Crippen LogP contribution in [-0.2, 0) is 4.79 Å². The fourth-order valence-electron chi connectivity index (χ4n) is 2.24. The minimum Gasteiger partial charge on any atom is -0.508 e. The van der Waals surface area contributed by atoms with Crippen molar-refractivity contribution in [2.75, 3.05) is 0 Å². The van der Waals surface area contributed by atoms with Gasteiger partial charge in [-0.3, -0.25) is 4.79 Å². The van der Waals surface area contributed by atoms with Crippen LogP contribution in [0.3, 0.4) is 0 Å². The molecule has 0 unspecified atom stereocenters. The predicted octanol–water partition coefficient (Wildman–Crippen LogP) is 4.37. The number of hydrazone groups is 1. The van der Waals surface area contributed by atoms with E-state index in [0.717, 1.165) is 18.4 Å². The van der Waals surface area contributed by atoms with E-state index in [2.05, 4.69) is 17.5 Å². The number of carbonyl (C=O) groups is 1. The number of nitrogens with one attached hydrogen (secondary N) is 1. The number of carbonyl (C=O) groups excluding carboxylic acids is 1. The molecule has 4 nitrogen and oxygen atoms in total. The zero-order chi connectivity index (χ0) is 16.2. The Kier molecular flexibility index (Phi) is 8.96. The molecule has 0 saturated heterocycles. The Hall–Kier alpha value is -1.84. The molecule has 0 aliphatic heterocycles. The number of phenolic OH excluding ortho intramolecular Hbond substituents is 1. The maximum Gasteiger partial charge on any atom is 0.240 e. The summed E-state index contributed by atoms with van der Waals surface area (Å²) in [7, 11) is 0. The molecule has 0 atom stereocenters. The van der Waals surface area contributed by atoms with E-state index < -0.39 is 0 Å². The summed E-state index contributed by atoms with van der Waals surface area (Å²) in [5, 5.41) is 13.5. The van der Waals surface area contributed by atoms with Gasteiger partial charge in [0, 0.05) is 12.0 Å². The van der Waals surface area contributed by atoms with Crippen molar-refractivity contribution in [3.05, 3.63) is 29.8 Å². The second kappa shape index (κ2) is 10.8. The lowest BCUT2D eigenvalue weighted by molar-refractivity contribution is -0.121. The summed E-state index contributed by atoms with van der Waals surface area (Å²) >= 11 is 0. The molecule has 0 aliphatic carbocycles. The molecule has 1 amide bonds. The normalized spacial score (nSPS) is 11.5. The van der Waals surface area contributed by atoms with Crippen LogP contribution in [0.1, 0.15) is 70.8 Å². The summed E-state index contributed by atoms with van der Waals surface area (Å²) in [4.78, 5) is 11.7. The first-order chi connectivity index (χ1) is 10.6. The lowest BCUT2D eigenvalue weighted by Crippen LogP contribution is -2.18. The standard InChI is InChI=1S/C18H28N2O2/c1-3-4-5-6-7-8-9-13-18(22)20-19-15(2)16-11-10-12-17(21)14-16/h10-12,14,21H,3-9,13H2,1-2H3,(H,20,22). The molecular weight excluding hydrogens is 276 g/mol. The minimum absolute atomic E-state index is 0.0481. The number of rotatable bonds is 10. The zero-order valence-corrected chi connectivity index (χ0v) is 13.8. The van der Waals surface area contributed by atoms with Gasteiger partial charge in [-0.15, -0.1) is 0 Å². The highest BCUT2D eigenvalue weighted by Gasteiger charge is 2.02. The largest absolute Gasteiger partial charge is 0.508 e. The highest BCUT2D eigenvalue weighted by atomic mass is 16.3. The third-order valence-corrected chi connectivity index (χ3v) is 3.62. The maximum atomic E-state index is 11.7. The predicted molar refractivity (Wildman–Crippen MR) is 91.1 cm³/mol. The van der Waals surface area contributed by atoms with Gasteiger partial charge in [0.05, 0.1) is 5.71 Å². The number of nitrogens with zero attached hydrogens (tertiary/aromatic N) is 1. The van der Waals surface area contributed by atoms with Crippen molar-refractivity contribution in [3.8, 4) is 5.75 Å². The van der Waals surface area contributed by atoms with Crippen LogP contribution >= 0.6 is 0 Å². The Morgan fingerprint density at radius 2 is 1.82 bits per heavy atom. The van der Waals surface area contributed by atoms with E-state index in [0.29, 0.717) is 12.1 Å². The molecule has 0 aromatic heterocycles. The van der Waals surface area contributed by atoms with Crippen LogP contribution in [0.4, 0.5) is 0 Å². The van der Waals surface area contributed by atoms with Gasteiger partial charge in [-0.1, -0.05) is 57.6 Å². The van der Waals surface area contributed by atoms with Gasteiger partial charge in [0.2, 0.25) is 5.91 Å². The van der Waals surface area contributed by atoms with Crippen LogP contribution in [0.15, 0.2) is 29.4 Å². The number of phenols is 1. The van der Waals surface area contributed by atoms with E-state index in [9.17, 15) is 9.90 Å². The van der Waals surface area contributed by atoms with E-state index in [-0.39, 0.29) is 11.7 Å². The molecule has 2 N–H and O–H groups in total. The van der Waals surface area contributed by atoms with Crippen molar-refractivity contribution < 1.29 is 9.90 Å². The van der Waals surface area contributed by atoms with Gasteiger partial charge in [-0.25, -0.2) is 5.43 Å². The van der Waals surface area contributed by atoms with Crippen LogP contribution in [0.5, 0.6) is 5.75 Å². The third kappa shape index (κ3) is 7.81. The summed E-state index contributed by atoms with van der Waals surface area (Å²) in [5.41, 5.74) is 4.07. The van der Waals surface area contributed by atoms with Crippen molar-refractivity contribution >= 4 is 11.6 Å². The molecule has 1 aromatic rings. The number of hydrogen-bond donors (Lipinski definition) is 2. The van der Waals surface area contributed by atoms with Crippen molar-refractivity contribution in [2.45, 2.75) is 65.2 Å². The van der Waals surface area contributed by atoms with Crippen LogP contribution in [0, 0.1) is 0 Å². The Morgan fingerprint density at radius 1 is 1.14 bits per heavy atom. The van der Waals surface area contributed by atoms with Gasteiger partial charge in [-0.2, -0.15) is 5.10 Å². The number of hydrogen-bond acceptors (Lipinski definition) is 3. The first kappa shape index (κ1) is 18.2. The molecule has 0 heterocycles. The lowest BCUT2D eigenvalue weighted by atomic mass is 10.1. The van der Waals surface area contributed by atoms with E-state index in [1.165, 1.54) is 32.1 Å². The number of benzene rings is 1. The highest BCUT2D eigenvalue weighted by Crippen LogP contribution is 2.11. The first-order valence-electron chi connectivity index (χ1n) is 8.26. The molecule has 0 saturated carbocycles. The Labute approximate surface area is 133 Å². The van der Waals surface area contributed by atoms with E-state index in [4.69, 9.17) is 0 Å². The van der Waals surface area contributed by atoms with Crippen LogP contribution < -0.4 is 5.43 Å². The molecule has 22 heavy (non-hydrogen) atoms. The highest BCUT2D eigenvalue weighted by molar-refractivity contribution is 5.99. The number of amides is 1. The second-order valence-corrected chi connectivity index (χ2v) is 5.65. The topological polar surface area (TPSA) is 61.7 Å². The molecule has 0 spiro atoms. The van der Waals surface area contributed by atoms with Gasteiger partial charge in [0.15, 0.2) is 0 Å². The summed E-state index contributed by atoms with van der Waals surface area (Å²) < 4.78 is 0. The van der Waals surface area contributed by atoms with Gasteiger partial charge >= 0.3 is 0 Å². The SMILES string of the molecule is CCCCCCCCCC(=O)NN=C(C)c1cccc(O)c1. The van der Waals surface area contributed by atoms with Gasteiger partial charge in [0.1, 0.15) is 5.75 Å². The average molecular weight is 304 g/mol. The van der Waals surface area contributed by atoms with Gasteiger partial charge < -0.3 is 5.11 Å². The first-order valence-corrected chi connectivity index (χ1v) is 8.26. The van der Waals surface area contributed by atoms with Crippen LogP contribution in [0.2, 0.25) is 0 Å². The molecule has 1 aromatic carbocycles. The molecule has 1 rings (SSSR count). The van der Waals surface area contributed by atoms with Gasteiger partial charge in [-0.05, 0) is 25.5 Å². The number of unbranched alkanes of at least 4 members (excludes halogenated alkanes) is 6. The molecular formula is C18H28N2O2. The van der Waals surface area contributed by atoms with Crippen LogP contribution in [-0.4, -0.2) is 16.7 Å². The summed E-state index contributed by atoms with van der Waals surface area (Å²) in [6, 6.07) is 6.84. The van der Waals surface area contributed by atoms with E-state index >= 15 is 0 Å². The van der Waals surface area contributed by atoms with E-state index in [1.807, 2.05) is 13.0 Å². The quantitative estimate of drug-likeness (QED) is 0.383. The molecule has 0 fully saturated rings. The summed E-state index contributed by atoms with van der Waals surface area (Å²) in [5.74, 6) is 0.148. The molecule has 0 aliphatic rings. The minimum atomic E-state index is -0.0481. The smallest absolute Gasteiger partial charge is 0.240 e. The third-order valence-electron chi connectivity index (χ3n) is 3.62. The van der Waals surface area contributed by atoms with Crippen LogP contribution in [0.25, 0.3) is 0 Å². The maximum absolute atomic E-state index is 11.7. The van der Waals surface area contributed by atoms with E-state index in [1.54, 1.807) is 18.2 Å². The number of aromatic hydroxyl groups is 1. The fourth-order valence-corrected chi connectivity index (χ4v) is 2.24. The summed E-state index contributed by atoms with van der Waals surface area (Å²) in [6.07, 6.45) is 8.89. The summed E-state index contributed by atoms with van der Waals surface area (Å²) in [6.45, 7) is 4.02. The fraction of sp³-hybridized carbons (Fsp3) is 0.556. The molecule has 0 bridgehead atoms.